The zero-order valence-corrected chi connectivity index (χ0v) is 19.9. The fourth-order valence-electron chi connectivity index (χ4n) is 3.62. The van der Waals surface area contributed by atoms with Crippen molar-refractivity contribution in [3.05, 3.63) is 76.0 Å². The fraction of sp³-hybridized carbons (Fsp3) is 0.360. The molecule has 0 fully saturated rings. The van der Waals surface area contributed by atoms with E-state index in [1.165, 1.54) is 11.3 Å². The predicted molar refractivity (Wildman–Crippen MR) is 130 cm³/mol. The maximum absolute atomic E-state index is 13.0. The molecule has 0 radical (unpaired) electrons. The van der Waals surface area contributed by atoms with E-state index < -0.39 is 6.10 Å². The summed E-state index contributed by atoms with van der Waals surface area (Å²) in [7, 11) is 0. The lowest BCUT2D eigenvalue weighted by Gasteiger charge is -2.26. The number of thiophene rings is 1. The first-order chi connectivity index (χ1) is 15.8. The molecule has 0 bridgehead atoms. The van der Waals surface area contributed by atoms with Gasteiger partial charge in [-0.3, -0.25) is 9.69 Å². The zero-order chi connectivity index (χ0) is 23.4. The van der Waals surface area contributed by atoms with Gasteiger partial charge in [0.2, 0.25) is 0 Å². The number of rotatable bonds is 9. The number of aromatic nitrogens is 2. The number of ether oxygens (including phenoxy) is 1. The second kappa shape index (κ2) is 10.0. The molecule has 0 spiro atoms. The van der Waals surface area contributed by atoms with E-state index in [1.54, 1.807) is 6.26 Å². The van der Waals surface area contributed by atoms with Crippen LogP contribution in [0.1, 0.15) is 32.4 Å². The SMILES string of the molecule is CC(C)(C)OCC(O)CN(Cc1nc2scc(-c3ccccc3)c2c(=O)[nH]1)Cc1ccco1. The van der Waals surface area contributed by atoms with Gasteiger partial charge in [0.1, 0.15) is 16.4 Å². The number of benzene rings is 1. The third-order valence-electron chi connectivity index (χ3n) is 5.09. The van der Waals surface area contributed by atoms with Gasteiger partial charge in [0.15, 0.2) is 0 Å². The smallest absolute Gasteiger partial charge is 0.260 e. The predicted octanol–water partition coefficient (Wildman–Crippen LogP) is 4.42. The minimum absolute atomic E-state index is 0.162. The molecule has 0 aliphatic rings. The first-order valence-corrected chi connectivity index (χ1v) is 11.8. The number of nitrogens with one attached hydrogen (secondary N) is 1. The lowest BCUT2D eigenvalue weighted by atomic mass is 10.1. The van der Waals surface area contributed by atoms with Crippen molar-refractivity contribution >= 4 is 21.6 Å². The summed E-state index contributed by atoms with van der Waals surface area (Å²) in [5, 5.41) is 13.1. The third-order valence-corrected chi connectivity index (χ3v) is 5.96. The van der Waals surface area contributed by atoms with Crippen LogP contribution in [0.3, 0.4) is 0 Å². The van der Waals surface area contributed by atoms with Crippen molar-refractivity contribution in [1.29, 1.82) is 0 Å². The maximum atomic E-state index is 13.0. The summed E-state index contributed by atoms with van der Waals surface area (Å²) in [6.45, 7) is 7.25. The Balaban J connectivity index is 1.56. The normalized spacial score (nSPS) is 13.1. The Bertz CT molecular complexity index is 1230. The van der Waals surface area contributed by atoms with E-state index >= 15 is 0 Å². The molecule has 3 aromatic heterocycles. The standard InChI is InChI=1S/C25H29N3O4S/c1-25(2,3)32-15-18(29)12-28(13-19-10-7-11-31-19)14-21-26-23(30)22-20(16-33-24(22)27-21)17-8-5-4-6-9-17/h4-11,16,18,29H,12-15H2,1-3H3,(H,26,27,30). The molecule has 8 heteroatoms. The molecule has 2 N–H and O–H groups in total. The molecule has 4 rings (SSSR count). The van der Waals surface area contributed by atoms with Crippen LogP contribution < -0.4 is 5.56 Å². The van der Waals surface area contributed by atoms with Crippen molar-refractivity contribution in [3.8, 4) is 11.1 Å². The Morgan fingerprint density at radius 3 is 2.67 bits per heavy atom. The summed E-state index contributed by atoms with van der Waals surface area (Å²) in [6, 6.07) is 13.5. The lowest BCUT2D eigenvalue weighted by molar-refractivity contribution is -0.0577. The number of furan rings is 1. The van der Waals surface area contributed by atoms with Gasteiger partial charge in [-0.25, -0.2) is 4.98 Å². The average Bonchev–Trinajstić information content (AvgIpc) is 3.42. The summed E-state index contributed by atoms with van der Waals surface area (Å²) in [6.07, 6.45) is 0.927. The fourth-order valence-corrected chi connectivity index (χ4v) is 4.58. The molecule has 1 aromatic carbocycles. The first kappa shape index (κ1) is 23.4. The highest BCUT2D eigenvalue weighted by Crippen LogP contribution is 2.30. The minimum atomic E-state index is -0.693. The third kappa shape index (κ3) is 6.17. The maximum Gasteiger partial charge on any atom is 0.260 e. The van der Waals surface area contributed by atoms with Gasteiger partial charge in [-0.2, -0.15) is 0 Å². The number of hydrogen-bond donors (Lipinski definition) is 2. The molecule has 33 heavy (non-hydrogen) atoms. The van der Waals surface area contributed by atoms with Crippen LogP contribution >= 0.6 is 11.3 Å². The van der Waals surface area contributed by atoms with Gasteiger partial charge < -0.3 is 19.2 Å². The van der Waals surface area contributed by atoms with Crippen LogP contribution in [0.5, 0.6) is 0 Å². The molecular formula is C25H29N3O4S. The first-order valence-electron chi connectivity index (χ1n) is 10.9. The zero-order valence-electron chi connectivity index (χ0n) is 19.1. The highest BCUT2D eigenvalue weighted by atomic mass is 32.1. The molecule has 0 saturated carbocycles. The topological polar surface area (TPSA) is 91.6 Å². The summed E-state index contributed by atoms with van der Waals surface area (Å²) in [5.74, 6) is 1.31. The van der Waals surface area contributed by atoms with Crippen LogP contribution in [0.2, 0.25) is 0 Å². The van der Waals surface area contributed by atoms with Gasteiger partial charge in [-0.1, -0.05) is 30.3 Å². The van der Waals surface area contributed by atoms with E-state index in [1.807, 2.05) is 73.5 Å². The number of fused-ring (bicyclic) bond motifs is 1. The van der Waals surface area contributed by atoms with E-state index in [9.17, 15) is 9.90 Å². The monoisotopic (exact) mass is 467 g/mol. The van der Waals surface area contributed by atoms with Gasteiger partial charge in [-0.05, 0) is 38.5 Å². The largest absolute Gasteiger partial charge is 0.468 e. The average molecular weight is 468 g/mol. The van der Waals surface area contributed by atoms with Crippen molar-refractivity contribution in [2.75, 3.05) is 13.2 Å². The Hall–Kier alpha value is -2.78. The molecule has 7 nitrogen and oxygen atoms in total. The van der Waals surface area contributed by atoms with Crippen molar-refractivity contribution < 1.29 is 14.3 Å². The van der Waals surface area contributed by atoms with Gasteiger partial charge in [-0.15, -0.1) is 11.3 Å². The molecule has 0 aliphatic heterocycles. The Labute approximate surface area is 196 Å². The molecule has 0 aliphatic carbocycles. The number of aromatic amines is 1. The van der Waals surface area contributed by atoms with Gasteiger partial charge >= 0.3 is 0 Å². The van der Waals surface area contributed by atoms with Crippen LogP contribution in [-0.2, 0) is 17.8 Å². The Morgan fingerprint density at radius 1 is 1.18 bits per heavy atom. The molecule has 1 unspecified atom stereocenters. The van der Waals surface area contributed by atoms with Gasteiger partial charge in [0.05, 0.1) is 43.1 Å². The number of hydrogen-bond acceptors (Lipinski definition) is 7. The van der Waals surface area contributed by atoms with E-state index in [-0.39, 0.29) is 17.8 Å². The number of aliphatic hydroxyl groups is 1. The van der Waals surface area contributed by atoms with E-state index in [2.05, 4.69) is 4.98 Å². The van der Waals surface area contributed by atoms with E-state index in [0.29, 0.717) is 35.7 Å². The van der Waals surface area contributed by atoms with E-state index in [4.69, 9.17) is 14.1 Å². The molecule has 4 aromatic rings. The van der Waals surface area contributed by atoms with Crippen LogP contribution in [0.15, 0.2) is 63.3 Å². The summed E-state index contributed by atoms with van der Waals surface area (Å²) < 4.78 is 11.2. The second-order valence-corrected chi connectivity index (χ2v) is 9.89. The lowest BCUT2D eigenvalue weighted by Crippen LogP contribution is -2.37. The minimum Gasteiger partial charge on any atom is -0.468 e. The van der Waals surface area contributed by atoms with Crippen molar-refractivity contribution in [3.63, 3.8) is 0 Å². The Morgan fingerprint density at radius 2 is 1.97 bits per heavy atom. The van der Waals surface area contributed by atoms with Crippen LogP contribution in [0.25, 0.3) is 21.3 Å². The summed E-state index contributed by atoms with van der Waals surface area (Å²) in [4.78, 5) is 23.3. The van der Waals surface area contributed by atoms with Crippen LogP contribution in [-0.4, -0.2) is 44.8 Å². The molecule has 0 saturated heterocycles. The summed E-state index contributed by atoms with van der Waals surface area (Å²) in [5.41, 5.74) is 1.38. The van der Waals surface area contributed by atoms with Crippen molar-refractivity contribution in [2.24, 2.45) is 0 Å². The number of aliphatic hydroxyl groups excluding tert-OH is 1. The highest BCUT2D eigenvalue weighted by Gasteiger charge is 2.20. The quantitative estimate of drug-likeness (QED) is 0.379. The number of H-pyrrole nitrogens is 1. The van der Waals surface area contributed by atoms with Crippen LogP contribution in [0.4, 0.5) is 0 Å². The molecule has 174 valence electrons. The van der Waals surface area contributed by atoms with Crippen LogP contribution in [0, 0.1) is 0 Å². The summed E-state index contributed by atoms with van der Waals surface area (Å²) >= 11 is 1.46. The highest BCUT2D eigenvalue weighted by molar-refractivity contribution is 7.17. The van der Waals surface area contributed by atoms with E-state index in [0.717, 1.165) is 16.9 Å². The van der Waals surface area contributed by atoms with Gasteiger partial charge in [0, 0.05) is 17.5 Å². The second-order valence-electron chi connectivity index (χ2n) is 9.03. The molecule has 0 amide bonds. The van der Waals surface area contributed by atoms with Crippen molar-refractivity contribution in [1.82, 2.24) is 14.9 Å². The molecule has 3 heterocycles. The molecule has 1 atom stereocenters. The van der Waals surface area contributed by atoms with Crippen molar-refractivity contribution in [2.45, 2.75) is 45.6 Å². The Kier molecular flexibility index (Phi) is 7.09. The van der Waals surface area contributed by atoms with Gasteiger partial charge in [0.25, 0.3) is 5.56 Å². The number of nitrogens with zero attached hydrogens (tertiary/aromatic N) is 2. The molecular weight excluding hydrogens is 438 g/mol.